The van der Waals surface area contributed by atoms with E-state index in [0.29, 0.717) is 0 Å². The molecule has 0 bridgehead atoms. The minimum absolute atomic E-state index is 0.259. The van der Waals surface area contributed by atoms with Gasteiger partial charge < -0.3 is 14.9 Å². The van der Waals surface area contributed by atoms with Crippen LogP contribution in [-0.2, 0) is 0 Å². The molecule has 0 aromatic rings. The van der Waals surface area contributed by atoms with Crippen LogP contribution in [0.2, 0.25) is 0 Å². The molecule has 12 heavy (non-hydrogen) atoms. The van der Waals surface area contributed by atoms with Gasteiger partial charge in [-0.3, -0.25) is 0 Å². The van der Waals surface area contributed by atoms with Crippen molar-refractivity contribution in [2.24, 2.45) is 0 Å². The summed E-state index contributed by atoms with van der Waals surface area (Å²) in [6, 6.07) is 0. The van der Waals surface area contributed by atoms with Gasteiger partial charge in [0.05, 0.1) is 6.61 Å². The lowest BCUT2D eigenvalue weighted by Crippen LogP contribution is -2.34. The fourth-order valence-electron chi connectivity index (χ4n) is 1.13. The summed E-state index contributed by atoms with van der Waals surface area (Å²) < 4.78 is 0. The van der Waals surface area contributed by atoms with Crippen LogP contribution in [0.1, 0.15) is 13.8 Å². The predicted molar refractivity (Wildman–Crippen MR) is 52.4 cm³/mol. The summed E-state index contributed by atoms with van der Waals surface area (Å²) in [4.78, 5) is 4.53. The van der Waals surface area contributed by atoms with Gasteiger partial charge in [-0.25, -0.2) is 0 Å². The molecule has 0 amide bonds. The van der Waals surface area contributed by atoms with Crippen LogP contribution in [0.5, 0.6) is 0 Å². The highest BCUT2D eigenvalue weighted by atomic mass is 16.3. The lowest BCUT2D eigenvalue weighted by Gasteiger charge is -2.22. The topological polar surface area (TPSA) is 26.7 Å². The third-order valence-electron chi connectivity index (χ3n) is 2.17. The van der Waals surface area contributed by atoms with Gasteiger partial charge in [0.15, 0.2) is 0 Å². The molecule has 3 nitrogen and oxygen atoms in total. The number of hydrogen-bond donors (Lipinski definition) is 1. The van der Waals surface area contributed by atoms with Gasteiger partial charge in [0.2, 0.25) is 0 Å². The summed E-state index contributed by atoms with van der Waals surface area (Å²) in [5.41, 5.74) is 0. The largest absolute Gasteiger partial charge is 0.395 e. The van der Waals surface area contributed by atoms with E-state index in [1.165, 1.54) is 0 Å². The first kappa shape index (κ1) is 11.9. The van der Waals surface area contributed by atoms with Gasteiger partial charge in [0.25, 0.3) is 0 Å². The Hall–Kier alpha value is -0.120. The van der Waals surface area contributed by atoms with E-state index in [0.717, 1.165) is 32.7 Å². The van der Waals surface area contributed by atoms with E-state index in [1.807, 2.05) is 7.05 Å². The second kappa shape index (κ2) is 7.53. The highest BCUT2D eigenvalue weighted by Crippen LogP contribution is 1.88. The van der Waals surface area contributed by atoms with Crippen LogP contribution in [-0.4, -0.2) is 61.3 Å². The fourth-order valence-corrected chi connectivity index (χ4v) is 1.13. The first-order valence-electron chi connectivity index (χ1n) is 4.76. The number of aliphatic hydroxyl groups excluding tert-OH is 1. The zero-order valence-corrected chi connectivity index (χ0v) is 8.58. The van der Waals surface area contributed by atoms with Gasteiger partial charge >= 0.3 is 0 Å². The Morgan fingerprint density at radius 2 is 1.58 bits per heavy atom. The van der Waals surface area contributed by atoms with Gasteiger partial charge in [-0.1, -0.05) is 13.8 Å². The lowest BCUT2D eigenvalue weighted by molar-refractivity contribution is 0.196. The molecule has 0 fully saturated rings. The average Bonchev–Trinajstić information content (AvgIpc) is 2.07. The molecule has 74 valence electrons. The van der Waals surface area contributed by atoms with Crippen LogP contribution in [0, 0.1) is 0 Å². The third-order valence-corrected chi connectivity index (χ3v) is 2.17. The van der Waals surface area contributed by atoms with Gasteiger partial charge in [-0.15, -0.1) is 0 Å². The Morgan fingerprint density at radius 3 is 2.00 bits per heavy atom. The van der Waals surface area contributed by atoms with E-state index in [1.54, 1.807) is 0 Å². The smallest absolute Gasteiger partial charge is 0.0558 e. The Labute approximate surface area is 76.0 Å². The molecule has 0 aliphatic heterocycles. The van der Waals surface area contributed by atoms with Crippen LogP contribution in [0.3, 0.4) is 0 Å². The minimum Gasteiger partial charge on any atom is -0.395 e. The monoisotopic (exact) mass is 174 g/mol. The molecule has 0 rings (SSSR count). The van der Waals surface area contributed by atoms with E-state index in [9.17, 15) is 0 Å². The molecule has 0 aromatic heterocycles. The summed E-state index contributed by atoms with van der Waals surface area (Å²) in [5, 5.41) is 8.66. The van der Waals surface area contributed by atoms with Crippen molar-refractivity contribution in [3.8, 4) is 0 Å². The van der Waals surface area contributed by atoms with E-state index in [4.69, 9.17) is 5.11 Å². The third kappa shape index (κ3) is 5.52. The minimum atomic E-state index is 0.259. The molecule has 0 saturated carbocycles. The molecular weight excluding hydrogens is 152 g/mol. The summed E-state index contributed by atoms with van der Waals surface area (Å²) in [5.74, 6) is 0. The van der Waals surface area contributed by atoms with Crippen molar-refractivity contribution in [2.75, 3.05) is 46.4 Å². The second-order valence-electron chi connectivity index (χ2n) is 3.05. The Balaban J connectivity index is 3.37. The summed E-state index contributed by atoms with van der Waals surface area (Å²) in [6.45, 7) is 9.76. The number of nitrogens with zero attached hydrogens (tertiary/aromatic N) is 2. The molecule has 0 aromatic carbocycles. The van der Waals surface area contributed by atoms with E-state index in [-0.39, 0.29) is 6.61 Å². The zero-order valence-electron chi connectivity index (χ0n) is 8.58. The fraction of sp³-hybridized carbons (Fsp3) is 1.00. The van der Waals surface area contributed by atoms with Gasteiger partial charge in [-0.2, -0.15) is 0 Å². The Kier molecular flexibility index (Phi) is 7.45. The maximum atomic E-state index is 8.66. The standard InChI is InChI=1S/C9H22N2O/c1-4-11(5-2)7-6-10(3)8-9-12/h12H,4-9H2,1-3H3. The molecule has 0 heterocycles. The molecule has 0 radical (unpaired) electrons. The second-order valence-corrected chi connectivity index (χ2v) is 3.05. The Bertz CT molecular complexity index is 94.5. The molecule has 0 aliphatic rings. The maximum absolute atomic E-state index is 8.66. The molecule has 0 saturated heterocycles. The van der Waals surface area contributed by atoms with Crippen molar-refractivity contribution in [3.63, 3.8) is 0 Å². The number of rotatable bonds is 7. The van der Waals surface area contributed by atoms with E-state index in [2.05, 4.69) is 23.6 Å². The highest BCUT2D eigenvalue weighted by Gasteiger charge is 2.01. The van der Waals surface area contributed by atoms with Crippen LogP contribution in [0.15, 0.2) is 0 Å². The maximum Gasteiger partial charge on any atom is 0.0558 e. The lowest BCUT2D eigenvalue weighted by atomic mass is 10.4. The van der Waals surface area contributed by atoms with E-state index < -0.39 is 0 Å². The molecule has 1 N–H and O–H groups in total. The van der Waals surface area contributed by atoms with Gasteiger partial charge in [0, 0.05) is 19.6 Å². The zero-order chi connectivity index (χ0) is 9.40. The molecular formula is C9H22N2O. The number of likely N-dealkylation sites (N-methyl/N-ethyl adjacent to an activating group) is 2. The summed E-state index contributed by atoms with van der Waals surface area (Å²) >= 11 is 0. The van der Waals surface area contributed by atoms with Crippen LogP contribution in [0.25, 0.3) is 0 Å². The van der Waals surface area contributed by atoms with Crippen molar-refractivity contribution >= 4 is 0 Å². The van der Waals surface area contributed by atoms with Crippen LogP contribution < -0.4 is 0 Å². The predicted octanol–water partition coefficient (Wildman–Crippen LogP) is 0.252. The number of aliphatic hydroxyl groups is 1. The first-order valence-corrected chi connectivity index (χ1v) is 4.76. The molecule has 0 aliphatic carbocycles. The summed E-state index contributed by atoms with van der Waals surface area (Å²) in [6.07, 6.45) is 0. The normalized spacial score (nSPS) is 11.5. The molecule has 0 atom stereocenters. The molecule has 0 spiro atoms. The van der Waals surface area contributed by atoms with Gasteiger partial charge in [0.1, 0.15) is 0 Å². The van der Waals surface area contributed by atoms with E-state index >= 15 is 0 Å². The SMILES string of the molecule is CCN(CC)CCN(C)CCO. The molecule has 3 heteroatoms. The quantitative estimate of drug-likeness (QED) is 0.599. The van der Waals surface area contributed by atoms with Crippen LogP contribution >= 0.6 is 0 Å². The van der Waals surface area contributed by atoms with Crippen molar-refractivity contribution in [1.82, 2.24) is 9.80 Å². The van der Waals surface area contributed by atoms with Crippen molar-refractivity contribution in [1.29, 1.82) is 0 Å². The molecule has 0 unspecified atom stereocenters. The summed E-state index contributed by atoms with van der Waals surface area (Å²) in [7, 11) is 2.04. The first-order chi connectivity index (χ1) is 5.74. The number of hydrogen-bond acceptors (Lipinski definition) is 3. The highest BCUT2D eigenvalue weighted by molar-refractivity contribution is 4.56. The Morgan fingerprint density at radius 1 is 1.00 bits per heavy atom. The van der Waals surface area contributed by atoms with Crippen molar-refractivity contribution < 1.29 is 5.11 Å². The van der Waals surface area contributed by atoms with Crippen molar-refractivity contribution in [2.45, 2.75) is 13.8 Å². The van der Waals surface area contributed by atoms with Gasteiger partial charge in [-0.05, 0) is 20.1 Å². The van der Waals surface area contributed by atoms with Crippen molar-refractivity contribution in [3.05, 3.63) is 0 Å². The average molecular weight is 174 g/mol. The van der Waals surface area contributed by atoms with Crippen LogP contribution in [0.4, 0.5) is 0 Å².